The molecule has 1 amide bonds. The summed E-state index contributed by atoms with van der Waals surface area (Å²) in [5.41, 5.74) is 0.833. The minimum atomic E-state index is -0.830. The standard InChI is InChI=1S/C17H21NO3/c19-15(18-17(7-4-8-17)11-16(20)21)10-13-9-14(13)12-5-2-1-3-6-12/h1-3,5-6,13-14H,4,7-11H2,(H,18,19)(H,20,21)/t13-,14-/m0/s1. The van der Waals surface area contributed by atoms with Crippen LogP contribution in [-0.2, 0) is 9.59 Å². The molecule has 0 bridgehead atoms. The first-order chi connectivity index (χ1) is 10.1. The second-order valence-corrected chi connectivity index (χ2v) is 6.47. The molecule has 0 aliphatic heterocycles. The summed E-state index contributed by atoms with van der Waals surface area (Å²) in [6.07, 6.45) is 4.20. The van der Waals surface area contributed by atoms with Crippen molar-refractivity contribution in [3.8, 4) is 0 Å². The van der Waals surface area contributed by atoms with Gasteiger partial charge in [0.25, 0.3) is 0 Å². The van der Waals surface area contributed by atoms with Gasteiger partial charge in [0.1, 0.15) is 0 Å². The highest BCUT2D eigenvalue weighted by Gasteiger charge is 2.43. The first kappa shape index (κ1) is 14.1. The van der Waals surface area contributed by atoms with Crippen LogP contribution in [0.1, 0.15) is 50.0 Å². The van der Waals surface area contributed by atoms with Crippen molar-refractivity contribution in [1.82, 2.24) is 5.32 Å². The number of carbonyl (C=O) groups excluding carboxylic acids is 1. The van der Waals surface area contributed by atoms with Crippen LogP contribution < -0.4 is 5.32 Å². The molecule has 2 aliphatic carbocycles. The predicted molar refractivity (Wildman–Crippen MR) is 78.9 cm³/mol. The fraction of sp³-hybridized carbons (Fsp3) is 0.529. The third-order valence-corrected chi connectivity index (χ3v) is 4.80. The van der Waals surface area contributed by atoms with Gasteiger partial charge in [0, 0.05) is 6.42 Å². The van der Waals surface area contributed by atoms with Gasteiger partial charge in [-0.25, -0.2) is 0 Å². The van der Waals surface area contributed by atoms with E-state index in [0.717, 1.165) is 25.7 Å². The highest BCUT2D eigenvalue weighted by Crippen LogP contribution is 2.49. The number of rotatable bonds is 6. The molecule has 4 heteroatoms. The number of hydrogen-bond donors (Lipinski definition) is 2. The third-order valence-electron chi connectivity index (χ3n) is 4.80. The fourth-order valence-electron chi connectivity index (χ4n) is 3.41. The molecule has 4 nitrogen and oxygen atoms in total. The summed E-state index contributed by atoms with van der Waals surface area (Å²) in [5.74, 6) is 0.0890. The molecule has 2 N–H and O–H groups in total. The Bertz CT molecular complexity index is 536. The number of benzene rings is 1. The zero-order valence-electron chi connectivity index (χ0n) is 12.0. The smallest absolute Gasteiger partial charge is 0.305 e. The molecule has 3 rings (SSSR count). The van der Waals surface area contributed by atoms with E-state index in [9.17, 15) is 9.59 Å². The topological polar surface area (TPSA) is 66.4 Å². The fourth-order valence-corrected chi connectivity index (χ4v) is 3.41. The SMILES string of the molecule is O=C(O)CC1(NC(=O)C[C@@H]2C[C@H]2c2ccccc2)CCC1. The van der Waals surface area contributed by atoms with Gasteiger partial charge in [0.05, 0.1) is 12.0 Å². The maximum Gasteiger partial charge on any atom is 0.305 e. The van der Waals surface area contributed by atoms with E-state index in [0.29, 0.717) is 18.3 Å². The number of aliphatic carboxylic acids is 1. The van der Waals surface area contributed by atoms with Crippen LogP contribution in [0.3, 0.4) is 0 Å². The zero-order valence-corrected chi connectivity index (χ0v) is 12.0. The van der Waals surface area contributed by atoms with Gasteiger partial charge in [-0.3, -0.25) is 9.59 Å². The van der Waals surface area contributed by atoms with Crippen molar-refractivity contribution in [1.29, 1.82) is 0 Å². The zero-order chi connectivity index (χ0) is 14.9. The van der Waals surface area contributed by atoms with Crippen LogP contribution in [0.4, 0.5) is 0 Å². The Morgan fingerprint density at radius 3 is 2.52 bits per heavy atom. The number of carboxylic acid groups (broad SMARTS) is 1. The molecule has 2 saturated carbocycles. The number of hydrogen-bond acceptors (Lipinski definition) is 2. The van der Waals surface area contributed by atoms with Gasteiger partial charge in [0.15, 0.2) is 0 Å². The lowest BCUT2D eigenvalue weighted by molar-refractivity contribution is -0.140. The van der Waals surface area contributed by atoms with Crippen molar-refractivity contribution in [3.05, 3.63) is 35.9 Å². The highest BCUT2D eigenvalue weighted by molar-refractivity contribution is 5.79. The maximum atomic E-state index is 12.2. The molecule has 2 atom stereocenters. The second-order valence-electron chi connectivity index (χ2n) is 6.47. The maximum absolute atomic E-state index is 12.2. The summed E-state index contributed by atoms with van der Waals surface area (Å²) in [4.78, 5) is 23.1. The molecule has 0 saturated heterocycles. The van der Waals surface area contributed by atoms with Crippen molar-refractivity contribution < 1.29 is 14.7 Å². The Morgan fingerprint density at radius 1 is 1.24 bits per heavy atom. The van der Waals surface area contributed by atoms with Crippen molar-refractivity contribution in [2.24, 2.45) is 5.92 Å². The molecule has 2 fully saturated rings. The van der Waals surface area contributed by atoms with Gasteiger partial charge in [-0.05, 0) is 43.1 Å². The van der Waals surface area contributed by atoms with Crippen LogP contribution in [0.25, 0.3) is 0 Å². The lowest BCUT2D eigenvalue weighted by Crippen LogP contribution is -2.54. The lowest BCUT2D eigenvalue weighted by Gasteiger charge is -2.41. The van der Waals surface area contributed by atoms with E-state index in [-0.39, 0.29) is 12.3 Å². The Labute approximate surface area is 124 Å². The molecule has 112 valence electrons. The van der Waals surface area contributed by atoms with E-state index in [1.807, 2.05) is 18.2 Å². The summed E-state index contributed by atoms with van der Waals surface area (Å²) in [7, 11) is 0. The number of carboxylic acids is 1. The van der Waals surface area contributed by atoms with Crippen molar-refractivity contribution >= 4 is 11.9 Å². The molecule has 1 aromatic rings. The molecule has 0 heterocycles. The Kier molecular flexibility index (Phi) is 3.70. The highest BCUT2D eigenvalue weighted by atomic mass is 16.4. The van der Waals surface area contributed by atoms with Gasteiger partial charge in [0.2, 0.25) is 5.91 Å². The molecule has 0 spiro atoms. The van der Waals surface area contributed by atoms with Crippen LogP contribution in [0.15, 0.2) is 30.3 Å². The van der Waals surface area contributed by atoms with E-state index in [1.165, 1.54) is 5.56 Å². The molecule has 2 aliphatic rings. The molecule has 0 radical (unpaired) electrons. The van der Waals surface area contributed by atoms with E-state index in [2.05, 4.69) is 17.4 Å². The van der Waals surface area contributed by atoms with Crippen molar-refractivity contribution in [3.63, 3.8) is 0 Å². The average molecular weight is 287 g/mol. The average Bonchev–Trinajstić information content (AvgIpc) is 3.15. The Hall–Kier alpha value is -1.84. The van der Waals surface area contributed by atoms with Crippen LogP contribution in [-0.4, -0.2) is 22.5 Å². The molecular weight excluding hydrogens is 266 g/mol. The molecular formula is C17H21NO3. The minimum absolute atomic E-state index is 0.0133. The van der Waals surface area contributed by atoms with Crippen LogP contribution in [0.5, 0.6) is 0 Å². The van der Waals surface area contributed by atoms with Crippen LogP contribution in [0, 0.1) is 5.92 Å². The first-order valence-corrected chi connectivity index (χ1v) is 7.66. The molecule has 0 aromatic heterocycles. The van der Waals surface area contributed by atoms with E-state index < -0.39 is 11.5 Å². The van der Waals surface area contributed by atoms with Crippen LogP contribution in [0.2, 0.25) is 0 Å². The largest absolute Gasteiger partial charge is 0.481 e. The summed E-state index contributed by atoms with van der Waals surface area (Å²) in [6.45, 7) is 0. The second kappa shape index (κ2) is 5.51. The first-order valence-electron chi connectivity index (χ1n) is 7.66. The minimum Gasteiger partial charge on any atom is -0.481 e. The van der Waals surface area contributed by atoms with Gasteiger partial charge >= 0.3 is 5.97 Å². The number of amides is 1. The third kappa shape index (κ3) is 3.26. The predicted octanol–water partition coefficient (Wildman–Crippen LogP) is 2.69. The van der Waals surface area contributed by atoms with E-state index in [4.69, 9.17) is 5.11 Å². The summed E-state index contributed by atoms with van der Waals surface area (Å²) < 4.78 is 0. The van der Waals surface area contributed by atoms with Gasteiger partial charge < -0.3 is 10.4 Å². The summed E-state index contributed by atoms with van der Waals surface area (Å²) >= 11 is 0. The Balaban J connectivity index is 1.50. The van der Waals surface area contributed by atoms with Gasteiger partial charge in [-0.15, -0.1) is 0 Å². The summed E-state index contributed by atoms with van der Waals surface area (Å²) in [6, 6.07) is 10.3. The summed E-state index contributed by atoms with van der Waals surface area (Å²) in [5, 5.41) is 11.9. The van der Waals surface area contributed by atoms with Crippen LogP contribution >= 0.6 is 0 Å². The van der Waals surface area contributed by atoms with E-state index in [1.54, 1.807) is 0 Å². The number of carbonyl (C=O) groups is 2. The number of nitrogens with one attached hydrogen (secondary N) is 1. The van der Waals surface area contributed by atoms with Gasteiger partial charge in [-0.1, -0.05) is 30.3 Å². The lowest BCUT2D eigenvalue weighted by atomic mass is 9.74. The molecule has 0 unspecified atom stereocenters. The monoisotopic (exact) mass is 287 g/mol. The van der Waals surface area contributed by atoms with Crippen molar-refractivity contribution in [2.45, 2.75) is 50.0 Å². The van der Waals surface area contributed by atoms with E-state index >= 15 is 0 Å². The molecule has 21 heavy (non-hydrogen) atoms. The van der Waals surface area contributed by atoms with Crippen molar-refractivity contribution in [2.75, 3.05) is 0 Å². The molecule has 1 aromatic carbocycles. The normalized spacial score (nSPS) is 25.7. The Morgan fingerprint density at radius 2 is 1.95 bits per heavy atom. The van der Waals surface area contributed by atoms with Gasteiger partial charge in [-0.2, -0.15) is 0 Å². The quantitative estimate of drug-likeness (QED) is 0.845.